The molecular weight excluding hydrogens is 3420 g/mol. The Morgan fingerprint density at radius 3 is 0.0357 bits per heavy atom. The quantitative estimate of drug-likeness (QED) is 0.297. The number of rotatable bonds is 0. The Bertz CT molecular complexity index is 55.9. The second-order valence-electron chi connectivity index (χ2n) is 0. The van der Waals surface area contributed by atoms with Crippen LogP contribution >= 0.6 is 0 Å². The second-order valence-corrected chi connectivity index (χ2v) is 0. The Morgan fingerprint density at radius 1 is 0.0357 bits per heavy atom. The third-order valence-corrected chi connectivity index (χ3v) is 0. The van der Waals surface area contributed by atoms with Crippen LogP contribution in [0.3, 0.4) is 0 Å². The maximum Gasteiger partial charge on any atom is 0 e. The topological polar surface area (TPSA) is 0 Å². The predicted octanol–water partition coefficient (Wildman–Crippen LogP) is -0.140. The molecule has 0 aliphatic carbocycles. The average Bonchev–Trinajstić information content (AvgIpc) is 0. The van der Waals surface area contributed by atoms with E-state index in [1.807, 2.05) is 0 Å². The average molecular weight is 3420 g/mol. The molecule has 0 aromatic rings. The standard InChI is InChI=1S/29Co.27Cu. The van der Waals surface area contributed by atoms with Gasteiger partial charge in [-0.25, -0.2) is 0 Å². The predicted molar refractivity (Wildman–Crippen MR) is 0 cm³/mol. The van der Waals surface area contributed by atoms with Gasteiger partial charge in [0.2, 0.25) is 0 Å². The molecule has 0 aliphatic rings. The van der Waals surface area contributed by atoms with E-state index in [9.17, 15) is 0 Å². The molecule has 0 aliphatic heterocycles. The normalized spacial score (nSPS) is 0. The molecule has 0 spiro atoms. The van der Waals surface area contributed by atoms with Crippen molar-refractivity contribution in [3.05, 3.63) is 0 Å². The van der Waals surface area contributed by atoms with Gasteiger partial charge in [0.15, 0.2) is 0 Å². The maximum absolute atomic E-state index is 0. The first kappa shape index (κ1) is 720. The van der Waals surface area contributed by atoms with Gasteiger partial charge in [-0.05, 0) is 0 Å². The summed E-state index contributed by atoms with van der Waals surface area (Å²) in [5.41, 5.74) is 0. The fraction of sp³-hybridized carbons (Fsp3) is 0. The van der Waals surface area contributed by atoms with Gasteiger partial charge in [-0.3, -0.25) is 0 Å². The van der Waals surface area contributed by atoms with Gasteiger partial charge in [0, 0.05) is 947 Å². The van der Waals surface area contributed by atoms with Crippen molar-refractivity contribution >= 4 is 0 Å². The first-order valence-electron chi connectivity index (χ1n) is 0. The zero-order valence-electron chi connectivity index (χ0n) is 17.8. The molecule has 0 amide bonds. The van der Waals surface area contributed by atoms with E-state index in [1.54, 1.807) is 0 Å². The van der Waals surface area contributed by atoms with Gasteiger partial charge in [0.1, 0.15) is 0 Å². The molecule has 0 N–H and O–H groups in total. The summed E-state index contributed by atoms with van der Waals surface area (Å²) in [6.07, 6.45) is 0. The van der Waals surface area contributed by atoms with E-state index < -0.39 is 0 Å². The third kappa shape index (κ3) is 670. The fourth-order valence-corrected chi connectivity index (χ4v) is 0. The molecular formula is Co29Cu27. The minimum absolute atomic E-state index is 0. The zero-order chi connectivity index (χ0) is 0. The summed E-state index contributed by atoms with van der Waals surface area (Å²) in [6.45, 7) is 0. The van der Waals surface area contributed by atoms with Crippen LogP contribution in [0.2, 0.25) is 0 Å². The van der Waals surface area contributed by atoms with Crippen LogP contribution < -0.4 is 0 Å². The van der Waals surface area contributed by atoms with Crippen molar-refractivity contribution in [3.63, 3.8) is 0 Å². The Kier molecular flexibility index (Phi) is 8930. The Labute approximate surface area is 923 Å². The molecule has 0 heterocycles. The maximum atomic E-state index is 0. The zero-order valence-corrected chi connectivity index (χ0v) is 73.4. The molecule has 0 saturated heterocycles. The summed E-state index contributed by atoms with van der Waals surface area (Å²) in [7, 11) is 0. The Balaban J connectivity index is 0. The Hall–Kier alpha value is 28.7. The van der Waals surface area contributed by atoms with Crippen LogP contribution in [-0.4, -0.2) is 0 Å². The molecule has 56 heteroatoms. The van der Waals surface area contributed by atoms with Crippen LogP contribution in [-0.2, 0) is 947 Å². The van der Waals surface area contributed by atoms with E-state index in [4.69, 9.17) is 0 Å². The van der Waals surface area contributed by atoms with Crippen LogP contribution in [0.4, 0.5) is 0 Å². The summed E-state index contributed by atoms with van der Waals surface area (Å²) in [5, 5.41) is 0. The van der Waals surface area contributed by atoms with Gasteiger partial charge < -0.3 is 0 Å². The summed E-state index contributed by atoms with van der Waals surface area (Å²) in [4.78, 5) is 0. The SMILES string of the molecule is [Co].[Co].[Co].[Co].[Co].[Co].[Co].[Co].[Co].[Co].[Co].[Co].[Co].[Co].[Co].[Co].[Co].[Co].[Co].[Co].[Co].[Co].[Co].[Co].[Co].[Co].[Co].[Co].[Co].[Cu].[Cu].[Cu].[Cu].[Cu].[Cu].[Cu].[Cu].[Cu].[Cu].[Cu].[Cu].[Cu].[Cu].[Cu].[Cu].[Cu].[Cu].[Cu].[Cu].[Cu].[Cu].[Cu].[Cu].[Cu].[Cu].[Cu]. The molecule has 56 heavy (non-hydrogen) atoms. The molecule has 0 nitrogen and oxygen atoms in total. The molecule has 0 atom stereocenters. The smallest absolute Gasteiger partial charge is 0 e. The van der Waals surface area contributed by atoms with E-state index in [0.717, 1.165) is 0 Å². The molecule has 0 bridgehead atoms. The van der Waals surface area contributed by atoms with E-state index in [1.165, 1.54) is 0 Å². The minimum Gasteiger partial charge on any atom is 0 e. The van der Waals surface area contributed by atoms with E-state index in [0.29, 0.717) is 0 Å². The van der Waals surface area contributed by atoms with E-state index >= 15 is 0 Å². The first-order valence-corrected chi connectivity index (χ1v) is 0. The molecule has 0 rings (SSSR count). The third-order valence-electron chi connectivity index (χ3n) is 0. The molecule has 0 aromatic heterocycles. The largest absolute Gasteiger partial charge is 0 e. The van der Waals surface area contributed by atoms with Crippen LogP contribution in [0.5, 0.6) is 0 Å². The molecule has 56 radical (unpaired) electrons. The van der Waals surface area contributed by atoms with Crippen molar-refractivity contribution in [2.45, 2.75) is 0 Å². The summed E-state index contributed by atoms with van der Waals surface area (Å²) in [6, 6.07) is 0. The fourth-order valence-electron chi connectivity index (χ4n) is 0. The summed E-state index contributed by atoms with van der Waals surface area (Å²) in [5.74, 6) is 0. The first-order chi connectivity index (χ1) is 0. The molecule has 0 aromatic carbocycles. The van der Waals surface area contributed by atoms with E-state index in [-0.39, 0.29) is 947 Å². The molecule has 0 unspecified atom stereocenters. The van der Waals surface area contributed by atoms with Gasteiger partial charge in [0.25, 0.3) is 0 Å². The summed E-state index contributed by atoms with van der Waals surface area (Å²) < 4.78 is 0. The van der Waals surface area contributed by atoms with Crippen LogP contribution in [0, 0.1) is 0 Å². The van der Waals surface area contributed by atoms with Gasteiger partial charge >= 0.3 is 0 Å². The minimum atomic E-state index is 0. The molecule has 0 fully saturated rings. The van der Waals surface area contributed by atoms with Crippen molar-refractivity contribution in [3.8, 4) is 0 Å². The van der Waals surface area contributed by atoms with Crippen molar-refractivity contribution < 1.29 is 947 Å². The molecule has 0 saturated carbocycles. The molecule has 558 valence electrons. The monoisotopic (exact) mass is 3410 g/mol. The Morgan fingerprint density at radius 2 is 0.0357 bits per heavy atom. The van der Waals surface area contributed by atoms with Crippen molar-refractivity contribution in [1.82, 2.24) is 0 Å². The number of hydrogen-bond acceptors (Lipinski definition) is 0. The van der Waals surface area contributed by atoms with Gasteiger partial charge in [-0.15, -0.1) is 0 Å². The van der Waals surface area contributed by atoms with Crippen LogP contribution in [0.25, 0.3) is 0 Å². The van der Waals surface area contributed by atoms with Crippen LogP contribution in [0.1, 0.15) is 0 Å². The van der Waals surface area contributed by atoms with Crippen LogP contribution in [0.15, 0.2) is 0 Å². The van der Waals surface area contributed by atoms with Crippen molar-refractivity contribution in [2.24, 2.45) is 0 Å². The van der Waals surface area contributed by atoms with Gasteiger partial charge in [0.05, 0.1) is 0 Å². The van der Waals surface area contributed by atoms with Crippen molar-refractivity contribution in [1.29, 1.82) is 0 Å². The van der Waals surface area contributed by atoms with Crippen molar-refractivity contribution in [2.75, 3.05) is 0 Å². The van der Waals surface area contributed by atoms with Gasteiger partial charge in [-0.2, -0.15) is 0 Å². The summed E-state index contributed by atoms with van der Waals surface area (Å²) >= 11 is 0. The number of hydrogen-bond donors (Lipinski definition) is 0. The second kappa shape index (κ2) is 695. The van der Waals surface area contributed by atoms with E-state index in [2.05, 4.69) is 0 Å². The van der Waals surface area contributed by atoms with Gasteiger partial charge in [-0.1, -0.05) is 0 Å².